The Hall–Kier alpha value is -1.50. The van der Waals surface area contributed by atoms with Crippen LogP contribution in [-0.4, -0.2) is 33.1 Å². The van der Waals surface area contributed by atoms with Crippen LogP contribution in [0.1, 0.15) is 55.9 Å². The van der Waals surface area contributed by atoms with Crippen LogP contribution < -0.4 is 5.32 Å². The first-order valence-electron chi connectivity index (χ1n) is 6.57. The van der Waals surface area contributed by atoms with Gasteiger partial charge in [0.1, 0.15) is 4.88 Å². The molecule has 0 spiro atoms. The highest BCUT2D eigenvalue weighted by Gasteiger charge is 2.26. The highest BCUT2D eigenvalue weighted by Crippen LogP contribution is 2.25. The maximum absolute atomic E-state index is 12.1. The number of amides is 1. The Kier molecular flexibility index (Phi) is 5.62. The predicted molar refractivity (Wildman–Crippen MR) is 77.0 cm³/mol. The minimum Gasteiger partial charge on any atom is -0.481 e. The Morgan fingerprint density at radius 1 is 1.40 bits per heavy atom. The van der Waals surface area contributed by atoms with Gasteiger partial charge in [-0.3, -0.25) is 9.59 Å². The van der Waals surface area contributed by atoms with E-state index in [2.05, 4.69) is 14.9 Å². The molecule has 0 aliphatic carbocycles. The molecule has 6 nitrogen and oxygen atoms in total. The van der Waals surface area contributed by atoms with Crippen molar-refractivity contribution in [3.63, 3.8) is 0 Å². The Morgan fingerprint density at radius 3 is 2.60 bits per heavy atom. The van der Waals surface area contributed by atoms with E-state index in [0.29, 0.717) is 30.0 Å². The van der Waals surface area contributed by atoms with Crippen molar-refractivity contribution in [2.24, 2.45) is 5.92 Å². The molecule has 0 aromatic carbocycles. The zero-order valence-corrected chi connectivity index (χ0v) is 13.1. The summed E-state index contributed by atoms with van der Waals surface area (Å²) in [7, 11) is 0. The molecule has 0 radical (unpaired) electrons. The summed E-state index contributed by atoms with van der Waals surface area (Å²) >= 11 is 1.09. The Morgan fingerprint density at radius 2 is 2.05 bits per heavy atom. The van der Waals surface area contributed by atoms with E-state index in [4.69, 9.17) is 5.11 Å². The highest BCUT2D eigenvalue weighted by atomic mass is 32.1. The van der Waals surface area contributed by atoms with Gasteiger partial charge in [-0.05, 0) is 24.4 Å². The van der Waals surface area contributed by atoms with Gasteiger partial charge >= 0.3 is 5.97 Å². The third kappa shape index (κ3) is 4.56. The van der Waals surface area contributed by atoms with Crippen molar-refractivity contribution in [1.82, 2.24) is 14.9 Å². The van der Waals surface area contributed by atoms with Crippen LogP contribution >= 0.6 is 11.5 Å². The van der Waals surface area contributed by atoms with Crippen molar-refractivity contribution in [3.05, 3.63) is 10.6 Å². The Labute approximate surface area is 122 Å². The molecule has 0 aliphatic heterocycles. The Balaban J connectivity index is 2.49. The van der Waals surface area contributed by atoms with Crippen molar-refractivity contribution >= 4 is 23.4 Å². The van der Waals surface area contributed by atoms with Crippen LogP contribution in [0, 0.1) is 5.92 Å². The lowest BCUT2D eigenvalue weighted by Gasteiger charge is -2.16. The molecule has 7 heteroatoms. The lowest BCUT2D eigenvalue weighted by molar-refractivity contribution is -0.141. The van der Waals surface area contributed by atoms with E-state index in [1.807, 2.05) is 20.8 Å². The third-order valence-corrected chi connectivity index (χ3v) is 3.65. The molecule has 1 heterocycles. The van der Waals surface area contributed by atoms with Gasteiger partial charge in [0.15, 0.2) is 0 Å². The van der Waals surface area contributed by atoms with Crippen molar-refractivity contribution in [2.75, 3.05) is 6.54 Å². The van der Waals surface area contributed by atoms with Crippen molar-refractivity contribution in [1.29, 1.82) is 0 Å². The van der Waals surface area contributed by atoms with E-state index in [1.165, 1.54) is 0 Å². The van der Waals surface area contributed by atoms with Crippen LogP contribution in [0.2, 0.25) is 0 Å². The maximum atomic E-state index is 12.1. The van der Waals surface area contributed by atoms with E-state index in [0.717, 1.165) is 11.5 Å². The van der Waals surface area contributed by atoms with Gasteiger partial charge in [-0.2, -0.15) is 0 Å². The first-order chi connectivity index (χ1) is 9.23. The summed E-state index contributed by atoms with van der Waals surface area (Å²) in [6.07, 6.45) is 1.18. The molecule has 1 amide bonds. The topological polar surface area (TPSA) is 92.2 Å². The number of aliphatic carboxylic acids is 1. The van der Waals surface area contributed by atoms with Gasteiger partial charge in [-0.1, -0.05) is 32.2 Å². The monoisotopic (exact) mass is 299 g/mol. The number of hydrogen-bond donors (Lipinski definition) is 2. The van der Waals surface area contributed by atoms with Crippen LogP contribution in [0.4, 0.5) is 0 Å². The fraction of sp³-hybridized carbons (Fsp3) is 0.692. The molecule has 0 aliphatic rings. The summed E-state index contributed by atoms with van der Waals surface area (Å²) < 4.78 is 3.84. The molecule has 112 valence electrons. The quantitative estimate of drug-likeness (QED) is 0.784. The van der Waals surface area contributed by atoms with E-state index >= 15 is 0 Å². The number of nitrogens with zero attached hydrogens (tertiary/aromatic N) is 2. The third-order valence-electron chi connectivity index (χ3n) is 2.93. The normalized spacial score (nSPS) is 13.0. The van der Waals surface area contributed by atoms with E-state index in [-0.39, 0.29) is 17.2 Å². The highest BCUT2D eigenvalue weighted by molar-refractivity contribution is 7.08. The molecule has 1 atom stereocenters. The largest absolute Gasteiger partial charge is 0.481 e. The van der Waals surface area contributed by atoms with Crippen LogP contribution in [0.15, 0.2) is 0 Å². The number of rotatable bonds is 6. The minimum absolute atomic E-state index is 0.187. The number of carbonyl (C=O) groups excluding carboxylic acids is 1. The summed E-state index contributed by atoms with van der Waals surface area (Å²) in [5.74, 6) is -1.38. The summed E-state index contributed by atoms with van der Waals surface area (Å²) in [4.78, 5) is 23.3. The van der Waals surface area contributed by atoms with Gasteiger partial charge < -0.3 is 10.4 Å². The molecule has 0 saturated carbocycles. The van der Waals surface area contributed by atoms with Crippen LogP contribution in [0.3, 0.4) is 0 Å². The maximum Gasteiger partial charge on any atom is 0.306 e. The fourth-order valence-electron chi connectivity index (χ4n) is 1.64. The van der Waals surface area contributed by atoms with Gasteiger partial charge in [-0.25, -0.2) is 0 Å². The number of aromatic nitrogens is 2. The van der Waals surface area contributed by atoms with Crippen molar-refractivity contribution in [2.45, 2.75) is 46.0 Å². The minimum atomic E-state index is -0.807. The second-order valence-electron chi connectivity index (χ2n) is 5.84. The van der Waals surface area contributed by atoms with Crippen LogP contribution in [0.25, 0.3) is 0 Å². The van der Waals surface area contributed by atoms with Crippen LogP contribution in [0.5, 0.6) is 0 Å². The molecule has 0 saturated heterocycles. The molecular formula is C13H21N3O3S. The first kappa shape index (κ1) is 16.6. The molecule has 0 bridgehead atoms. The Bertz CT molecular complexity index is 479. The molecule has 2 N–H and O–H groups in total. The number of carboxylic acid groups (broad SMARTS) is 1. The zero-order valence-electron chi connectivity index (χ0n) is 12.3. The average Bonchev–Trinajstić information content (AvgIpc) is 2.82. The smallest absolute Gasteiger partial charge is 0.306 e. The standard InChI is InChI=1S/C13H21N3O3S/c1-8(12(18)19)6-5-7-14-11(17)9-10(13(2,3)4)15-16-20-9/h8H,5-7H2,1-4H3,(H,14,17)(H,18,19). The number of hydrogen-bond acceptors (Lipinski definition) is 5. The lowest BCUT2D eigenvalue weighted by Crippen LogP contribution is -2.27. The molecule has 1 rings (SSSR count). The molecular weight excluding hydrogens is 278 g/mol. The summed E-state index contributed by atoms with van der Waals surface area (Å²) in [6.45, 7) is 8.06. The van der Waals surface area contributed by atoms with Crippen molar-refractivity contribution in [3.8, 4) is 0 Å². The SMILES string of the molecule is CC(CCCNC(=O)c1snnc1C(C)(C)C)C(=O)O. The van der Waals surface area contributed by atoms with Gasteiger partial charge in [0.2, 0.25) is 0 Å². The molecule has 1 aromatic heterocycles. The second kappa shape index (κ2) is 6.78. The molecule has 1 unspecified atom stereocenters. The van der Waals surface area contributed by atoms with E-state index in [9.17, 15) is 9.59 Å². The summed E-state index contributed by atoms with van der Waals surface area (Å²) in [5.41, 5.74) is 0.469. The number of nitrogens with one attached hydrogen (secondary N) is 1. The van der Waals surface area contributed by atoms with E-state index < -0.39 is 5.97 Å². The predicted octanol–water partition coefficient (Wildman–Crippen LogP) is 2.07. The second-order valence-corrected chi connectivity index (χ2v) is 6.59. The van der Waals surface area contributed by atoms with Gasteiger partial charge in [0.05, 0.1) is 11.6 Å². The van der Waals surface area contributed by atoms with Gasteiger partial charge in [0, 0.05) is 12.0 Å². The summed E-state index contributed by atoms with van der Waals surface area (Å²) in [5, 5.41) is 15.6. The molecule has 1 aromatic rings. The van der Waals surface area contributed by atoms with Gasteiger partial charge in [0.25, 0.3) is 5.91 Å². The van der Waals surface area contributed by atoms with Gasteiger partial charge in [-0.15, -0.1) is 5.10 Å². The average molecular weight is 299 g/mol. The van der Waals surface area contributed by atoms with Crippen molar-refractivity contribution < 1.29 is 14.7 Å². The molecule has 0 fully saturated rings. The molecule has 20 heavy (non-hydrogen) atoms. The first-order valence-corrected chi connectivity index (χ1v) is 7.34. The lowest BCUT2D eigenvalue weighted by atomic mass is 9.91. The summed E-state index contributed by atoms with van der Waals surface area (Å²) in [6, 6.07) is 0. The number of carbonyl (C=O) groups is 2. The van der Waals surface area contributed by atoms with Crippen LogP contribution in [-0.2, 0) is 10.2 Å². The fourth-order valence-corrected chi connectivity index (χ4v) is 2.44. The zero-order chi connectivity index (χ0) is 15.3. The van der Waals surface area contributed by atoms with E-state index in [1.54, 1.807) is 6.92 Å². The number of carboxylic acids is 1.